The van der Waals surface area contributed by atoms with Gasteiger partial charge in [-0.2, -0.15) is 0 Å². The number of hydrogen-bond acceptors (Lipinski definition) is 5. The van der Waals surface area contributed by atoms with Crippen LogP contribution in [0.5, 0.6) is 0 Å². The quantitative estimate of drug-likeness (QED) is 0.606. The van der Waals surface area contributed by atoms with E-state index in [2.05, 4.69) is 4.98 Å². The van der Waals surface area contributed by atoms with Gasteiger partial charge in [0.1, 0.15) is 5.70 Å². The molecule has 1 aromatic heterocycles. The molecule has 0 atom stereocenters. The molecule has 0 amide bonds. The lowest BCUT2D eigenvalue weighted by atomic mass is 10.4. The lowest BCUT2D eigenvalue weighted by Crippen LogP contribution is -2.14. The van der Waals surface area contributed by atoms with Crippen molar-refractivity contribution in [1.82, 2.24) is 4.98 Å². The zero-order valence-corrected chi connectivity index (χ0v) is 8.93. The molecule has 0 aliphatic rings. The second-order valence-corrected chi connectivity index (χ2v) is 3.87. The molecule has 76 valence electrons. The molecule has 0 saturated carbocycles. The van der Waals surface area contributed by atoms with E-state index in [1.807, 2.05) is 6.92 Å². The van der Waals surface area contributed by atoms with Crippen LogP contribution in [0.1, 0.15) is 16.8 Å². The van der Waals surface area contributed by atoms with E-state index in [-0.39, 0.29) is 5.70 Å². The van der Waals surface area contributed by atoms with Crippen LogP contribution in [-0.4, -0.2) is 17.6 Å². The van der Waals surface area contributed by atoms with E-state index in [1.54, 1.807) is 19.2 Å². The number of thiazole rings is 1. The number of carbonyl (C=O) groups excluding carboxylic acids is 1. The normalized spacial score (nSPS) is 11.4. The molecule has 0 bridgehead atoms. The summed E-state index contributed by atoms with van der Waals surface area (Å²) in [6.45, 7) is 3.96. The fraction of sp³-hybridized carbons (Fsp3) is 0.333. The molecule has 0 radical (unpaired) electrons. The van der Waals surface area contributed by atoms with E-state index in [1.165, 1.54) is 11.3 Å². The first-order chi connectivity index (χ1) is 6.63. The van der Waals surface area contributed by atoms with Crippen LogP contribution in [0.4, 0.5) is 0 Å². The van der Waals surface area contributed by atoms with Crippen LogP contribution in [0.3, 0.4) is 0 Å². The zero-order chi connectivity index (χ0) is 10.6. The maximum atomic E-state index is 11.1. The van der Waals surface area contributed by atoms with Gasteiger partial charge in [-0.1, -0.05) is 0 Å². The summed E-state index contributed by atoms with van der Waals surface area (Å²) in [4.78, 5) is 16.0. The number of aromatic nitrogens is 1. The van der Waals surface area contributed by atoms with Crippen molar-refractivity contribution in [2.75, 3.05) is 6.61 Å². The number of nitrogens with zero attached hydrogens (tertiary/aromatic N) is 1. The Hall–Kier alpha value is -1.36. The first kappa shape index (κ1) is 10.7. The van der Waals surface area contributed by atoms with Gasteiger partial charge in [0, 0.05) is 11.1 Å². The van der Waals surface area contributed by atoms with Crippen LogP contribution >= 0.6 is 11.3 Å². The highest BCUT2D eigenvalue weighted by Crippen LogP contribution is 2.14. The molecule has 0 fully saturated rings. The van der Waals surface area contributed by atoms with Crippen molar-refractivity contribution >= 4 is 23.4 Å². The van der Waals surface area contributed by atoms with Gasteiger partial charge in [-0.05, 0) is 19.9 Å². The summed E-state index contributed by atoms with van der Waals surface area (Å²) in [5, 5.41) is 0.938. The Morgan fingerprint density at radius 1 is 1.79 bits per heavy atom. The van der Waals surface area contributed by atoms with Crippen molar-refractivity contribution in [3.05, 3.63) is 21.8 Å². The van der Waals surface area contributed by atoms with E-state index < -0.39 is 5.97 Å². The Kier molecular flexibility index (Phi) is 3.64. The van der Waals surface area contributed by atoms with Gasteiger partial charge in [-0.25, -0.2) is 9.78 Å². The molecule has 1 heterocycles. The number of carbonyl (C=O) groups is 1. The van der Waals surface area contributed by atoms with Gasteiger partial charge in [0.25, 0.3) is 0 Å². The summed E-state index contributed by atoms with van der Waals surface area (Å²) in [7, 11) is 0. The van der Waals surface area contributed by atoms with Crippen LogP contribution in [0.15, 0.2) is 11.9 Å². The van der Waals surface area contributed by atoms with Gasteiger partial charge >= 0.3 is 5.97 Å². The Morgan fingerprint density at radius 2 is 2.50 bits per heavy atom. The standard InChI is InChI=1S/C9H12N2O2S/c1-3-13-9(12)8(10)4-7-5-11-6(2)14-7/h4-5H,3,10H2,1-2H3/b8-4-. The summed E-state index contributed by atoms with van der Waals surface area (Å²) in [5.74, 6) is -0.487. The molecular formula is C9H12N2O2S. The minimum absolute atomic E-state index is 0.107. The Morgan fingerprint density at radius 3 is 3.00 bits per heavy atom. The number of esters is 1. The van der Waals surface area contributed by atoms with Crippen molar-refractivity contribution in [1.29, 1.82) is 0 Å². The predicted molar refractivity (Wildman–Crippen MR) is 55.6 cm³/mol. The van der Waals surface area contributed by atoms with Gasteiger partial charge in [-0.15, -0.1) is 11.3 Å². The van der Waals surface area contributed by atoms with Crippen LogP contribution < -0.4 is 5.73 Å². The second kappa shape index (κ2) is 4.76. The van der Waals surface area contributed by atoms with Crippen molar-refractivity contribution in [2.24, 2.45) is 5.73 Å². The summed E-state index contributed by atoms with van der Waals surface area (Å²) in [6.07, 6.45) is 3.24. The minimum Gasteiger partial charge on any atom is -0.461 e. The number of nitrogens with two attached hydrogens (primary N) is 1. The van der Waals surface area contributed by atoms with Gasteiger partial charge < -0.3 is 10.5 Å². The van der Waals surface area contributed by atoms with E-state index in [0.29, 0.717) is 6.61 Å². The van der Waals surface area contributed by atoms with E-state index in [9.17, 15) is 4.79 Å². The molecule has 5 heteroatoms. The summed E-state index contributed by atoms with van der Waals surface area (Å²) < 4.78 is 4.73. The molecule has 0 aromatic carbocycles. The third kappa shape index (κ3) is 2.85. The maximum absolute atomic E-state index is 11.1. The highest BCUT2D eigenvalue weighted by atomic mass is 32.1. The minimum atomic E-state index is -0.487. The largest absolute Gasteiger partial charge is 0.461 e. The number of rotatable bonds is 3. The number of ether oxygens (including phenoxy) is 1. The SMILES string of the molecule is CCOC(=O)/C(N)=C/c1cnc(C)s1. The lowest BCUT2D eigenvalue weighted by molar-refractivity contribution is -0.138. The van der Waals surface area contributed by atoms with E-state index in [0.717, 1.165) is 9.88 Å². The Balaban J connectivity index is 2.73. The molecule has 0 unspecified atom stereocenters. The maximum Gasteiger partial charge on any atom is 0.354 e. The smallest absolute Gasteiger partial charge is 0.354 e. The number of hydrogen-bond donors (Lipinski definition) is 1. The molecule has 0 spiro atoms. The molecule has 4 nitrogen and oxygen atoms in total. The van der Waals surface area contributed by atoms with Crippen molar-refractivity contribution in [3.8, 4) is 0 Å². The molecule has 2 N–H and O–H groups in total. The second-order valence-electron chi connectivity index (χ2n) is 2.60. The monoisotopic (exact) mass is 212 g/mol. The summed E-state index contributed by atoms with van der Waals surface area (Å²) in [6, 6.07) is 0. The van der Waals surface area contributed by atoms with Crippen molar-refractivity contribution in [3.63, 3.8) is 0 Å². The molecule has 0 saturated heterocycles. The van der Waals surface area contributed by atoms with Gasteiger partial charge in [0.15, 0.2) is 0 Å². The molecule has 0 aliphatic heterocycles. The molecular weight excluding hydrogens is 200 g/mol. The zero-order valence-electron chi connectivity index (χ0n) is 8.11. The van der Waals surface area contributed by atoms with E-state index in [4.69, 9.17) is 10.5 Å². The third-order valence-corrected chi connectivity index (χ3v) is 2.31. The van der Waals surface area contributed by atoms with Crippen molar-refractivity contribution in [2.45, 2.75) is 13.8 Å². The average molecular weight is 212 g/mol. The first-order valence-corrected chi connectivity index (χ1v) is 5.02. The Labute approximate surface area is 86.4 Å². The van der Waals surface area contributed by atoms with Crippen LogP contribution in [0.25, 0.3) is 6.08 Å². The molecule has 14 heavy (non-hydrogen) atoms. The lowest BCUT2D eigenvalue weighted by Gasteiger charge is -1.99. The fourth-order valence-electron chi connectivity index (χ4n) is 0.871. The van der Waals surface area contributed by atoms with Crippen molar-refractivity contribution < 1.29 is 9.53 Å². The highest BCUT2D eigenvalue weighted by Gasteiger charge is 2.06. The molecule has 1 aromatic rings. The third-order valence-electron chi connectivity index (χ3n) is 1.45. The summed E-state index contributed by atoms with van der Waals surface area (Å²) in [5.41, 5.74) is 5.62. The molecule has 1 rings (SSSR count). The van der Waals surface area contributed by atoms with Gasteiger partial charge in [0.05, 0.1) is 11.6 Å². The summed E-state index contributed by atoms with van der Waals surface area (Å²) >= 11 is 1.48. The average Bonchev–Trinajstić information content (AvgIpc) is 2.51. The first-order valence-electron chi connectivity index (χ1n) is 4.20. The van der Waals surface area contributed by atoms with Gasteiger partial charge in [0.2, 0.25) is 0 Å². The fourth-order valence-corrected chi connectivity index (χ4v) is 1.61. The highest BCUT2D eigenvalue weighted by molar-refractivity contribution is 7.12. The van der Waals surface area contributed by atoms with Crippen LogP contribution in [0, 0.1) is 6.92 Å². The van der Waals surface area contributed by atoms with Crippen LogP contribution in [0.2, 0.25) is 0 Å². The Bertz CT molecular complexity index is 357. The molecule has 0 aliphatic carbocycles. The van der Waals surface area contributed by atoms with E-state index >= 15 is 0 Å². The number of aryl methyl sites for hydroxylation is 1. The van der Waals surface area contributed by atoms with Gasteiger partial charge in [-0.3, -0.25) is 0 Å². The topological polar surface area (TPSA) is 65.2 Å². The predicted octanol–water partition coefficient (Wildman–Crippen LogP) is 1.31. The van der Waals surface area contributed by atoms with Crippen LogP contribution in [-0.2, 0) is 9.53 Å².